The normalized spacial score (nSPS) is 16.6. The summed E-state index contributed by atoms with van der Waals surface area (Å²) in [7, 11) is 0. The number of carbonyl (C=O) groups excluding carboxylic acids is 1. The highest BCUT2D eigenvalue weighted by molar-refractivity contribution is 7.22. The van der Waals surface area contributed by atoms with Crippen molar-refractivity contribution in [1.29, 1.82) is 0 Å². The van der Waals surface area contributed by atoms with Crippen LogP contribution in [0.15, 0.2) is 36.4 Å². The van der Waals surface area contributed by atoms with E-state index in [1.807, 2.05) is 31.2 Å². The zero-order valence-corrected chi connectivity index (χ0v) is 18.7. The average molecular weight is 424 g/mol. The van der Waals surface area contributed by atoms with Crippen LogP contribution in [0, 0.1) is 19.8 Å². The minimum absolute atomic E-state index is 0.00343. The Hall–Kier alpha value is -2.60. The molecule has 2 aromatic carbocycles. The number of amides is 1. The minimum Gasteiger partial charge on any atom is -0.494 e. The van der Waals surface area contributed by atoms with Gasteiger partial charge in [-0.3, -0.25) is 4.79 Å². The molecule has 4 rings (SSSR count). The number of nitrogens with one attached hydrogen (secondary N) is 1. The van der Waals surface area contributed by atoms with E-state index in [1.165, 1.54) is 15.8 Å². The van der Waals surface area contributed by atoms with Crippen molar-refractivity contribution in [2.45, 2.75) is 40.2 Å². The molecule has 6 heteroatoms. The van der Waals surface area contributed by atoms with Crippen molar-refractivity contribution in [1.82, 2.24) is 10.3 Å². The number of benzene rings is 2. The second-order valence-electron chi connectivity index (χ2n) is 8.00. The molecule has 1 atom stereocenters. The molecule has 5 nitrogen and oxygen atoms in total. The lowest BCUT2D eigenvalue weighted by Crippen LogP contribution is -2.42. The van der Waals surface area contributed by atoms with E-state index in [0.717, 1.165) is 47.9 Å². The fourth-order valence-electron chi connectivity index (χ4n) is 4.06. The number of carbonyl (C=O) groups is 1. The zero-order valence-electron chi connectivity index (χ0n) is 17.9. The van der Waals surface area contributed by atoms with E-state index in [0.29, 0.717) is 13.2 Å². The molecule has 0 unspecified atom stereocenters. The number of ether oxygens (including phenoxy) is 1. The quantitative estimate of drug-likeness (QED) is 0.616. The smallest absolute Gasteiger partial charge is 0.225 e. The van der Waals surface area contributed by atoms with Gasteiger partial charge < -0.3 is 15.0 Å². The van der Waals surface area contributed by atoms with Crippen molar-refractivity contribution in [3.8, 4) is 5.75 Å². The highest BCUT2D eigenvalue weighted by Crippen LogP contribution is 2.33. The first-order valence-electron chi connectivity index (χ1n) is 10.7. The standard InChI is InChI=1S/C24H29N3O2S/c1-4-29-20-9-7-18(8-10-20)14-25-23(28)19-6-5-11-27(15-19)24-26-22-17(3)12-16(2)13-21(22)30-24/h7-10,12-13,19H,4-6,11,14-15H2,1-3H3,(H,25,28)/t19-/m1/s1. The molecule has 0 bridgehead atoms. The van der Waals surface area contributed by atoms with E-state index < -0.39 is 0 Å². The number of aryl methyl sites for hydroxylation is 2. The summed E-state index contributed by atoms with van der Waals surface area (Å²) in [6.45, 7) is 9.10. The molecule has 1 N–H and O–H groups in total. The number of aromatic nitrogens is 1. The number of anilines is 1. The Bertz CT molecular complexity index is 1030. The van der Waals surface area contributed by atoms with Crippen LogP contribution in [0.3, 0.4) is 0 Å². The highest BCUT2D eigenvalue weighted by atomic mass is 32.1. The molecule has 0 saturated carbocycles. The van der Waals surface area contributed by atoms with Crippen LogP contribution in [0.25, 0.3) is 10.2 Å². The van der Waals surface area contributed by atoms with Crippen LogP contribution >= 0.6 is 11.3 Å². The second kappa shape index (κ2) is 9.04. The van der Waals surface area contributed by atoms with Crippen LogP contribution in [0.1, 0.15) is 36.5 Å². The highest BCUT2D eigenvalue weighted by Gasteiger charge is 2.27. The molecule has 3 aromatic rings. The van der Waals surface area contributed by atoms with Gasteiger partial charge in [0.25, 0.3) is 0 Å². The summed E-state index contributed by atoms with van der Waals surface area (Å²) >= 11 is 1.73. The van der Waals surface area contributed by atoms with Crippen LogP contribution in [-0.2, 0) is 11.3 Å². The number of piperidine rings is 1. The van der Waals surface area contributed by atoms with Crippen LogP contribution in [0.5, 0.6) is 5.75 Å². The zero-order chi connectivity index (χ0) is 21.1. The Morgan fingerprint density at radius 1 is 1.27 bits per heavy atom. The van der Waals surface area contributed by atoms with Crippen LogP contribution in [0.2, 0.25) is 0 Å². The largest absolute Gasteiger partial charge is 0.494 e. The third-order valence-corrected chi connectivity index (χ3v) is 6.65. The van der Waals surface area contributed by atoms with Gasteiger partial charge in [-0.2, -0.15) is 0 Å². The summed E-state index contributed by atoms with van der Waals surface area (Å²) in [5, 5.41) is 4.14. The lowest BCUT2D eigenvalue weighted by atomic mass is 9.97. The van der Waals surface area contributed by atoms with Gasteiger partial charge in [-0.1, -0.05) is 29.5 Å². The summed E-state index contributed by atoms with van der Waals surface area (Å²) < 4.78 is 6.70. The predicted molar refractivity (Wildman–Crippen MR) is 123 cm³/mol. The maximum atomic E-state index is 12.8. The predicted octanol–water partition coefficient (Wildman–Crippen LogP) is 4.84. The molecular weight excluding hydrogens is 394 g/mol. The monoisotopic (exact) mass is 423 g/mol. The Kier molecular flexibility index (Phi) is 6.23. The van der Waals surface area contributed by atoms with Gasteiger partial charge in [-0.25, -0.2) is 4.98 Å². The number of thiazole rings is 1. The minimum atomic E-state index is -0.00343. The SMILES string of the molecule is CCOc1ccc(CNC(=O)[C@@H]2CCCN(c3nc4c(C)cc(C)cc4s3)C2)cc1. The average Bonchev–Trinajstić information content (AvgIpc) is 3.18. The summed E-state index contributed by atoms with van der Waals surface area (Å²) in [6.07, 6.45) is 1.93. The van der Waals surface area contributed by atoms with Gasteiger partial charge in [0.15, 0.2) is 5.13 Å². The molecule has 0 spiro atoms. The summed E-state index contributed by atoms with van der Waals surface area (Å²) in [4.78, 5) is 20.0. The van der Waals surface area contributed by atoms with Gasteiger partial charge >= 0.3 is 0 Å². The first kappa shape index (κ1) is 20.7. The Morgan fingerprint density at radius 3 is 2.83 bits per heavy atom. The van der Waals surface area contributed by atoms with E-state index in [4.69, 9.17) is 9.72 Å². The van der Waals surface area contributed by atoms with Gasteiger partial charge in [-0.05, 0) is 68.5 Å². The van der Waals surface area contributed by atoms with Crippen molar-refractivity contribution >= 4 is 32.6 Å². The number of rotatable bonds is 6. The van der Waals surface area contributed by atoms with Gasteiger partial charge in [-0.15, -0.1) is 0 Å². The van der Waals surface area contributed by atoms with Crippen molar-refractivity contribution in [2.24, 2.45) is 5.92 Å². The fourth-order valence-corrected chi connectivity index (χ4v) is 5.24. The number of nitrogens with zero attached hydrogens (tertiary/aromatic N) is 2. The van der Waals surface area contributed by atoms with Crippen LogP contribution in [0.4, 0.5) is 5.13 Å². The summed E-state index contributed by atoms with van der Waals surface area (Å²) in [5.41, 5.74) is 4.65. The summed E-state index contributed by atoms with van der Waals surface area (Å²) in [6, 6.07) is 12.3. The van der Waals surface area contributed by atoms with Crippen molar-refractivity contribution in [2.75, 3.05) is 24.6 Å². The van der Waals surface area contributed by atoms with E-state index in [-0.39, 0.29) is 11.8 Å². The molecule has 1 aliphatic heterocycles. The Morgan fingerprint density at radius 2 is 2.07 bits per heavy atom. The van der Waals surface area contributed by atoms with Crippen molar-refractivity contribution in [3.05, 3.63) is 53.1 Å². The fraction of sp³-hybridized carbons (Fsp3) is 0.417. The molecule has 0 radical (unpaired) electrons. The molecular formula is C24H29N3O2S. The molecule has 2 heterocycles. The second-order valence-corrected chi connectivity index (χ2v) is 9.01. The van der Waals surface area contributed by atoms with E-state index in [1.54, 1.807) is 11.3 Å². The van der Waals surface area contributed by atoms with Crippen LogP contribution < -0.4 is 15.0 Å². The van der Waals surface area contributed by atoms with Gasteiger partial charge in [0.1, 0.15) is 5.75 Å². The lowest BCUT2D eigenvalue weighted by molar-refractivity contribution is -0.125. The summed E-state index contributed by atoms with van der Waals surface area (Å²) in [5.74, 6) is 0.981. The molecule has 1 aromatic heterocycles. The van der Waals surface area contributed by atoms with Crippen LogP contribution in [-0.4, -0.2) is 30.6 Å². The number of hydrogen-bond acceptors (Lipinski definition) is 5. The van der Waals surface area contributed by atoms with Gasteiger partial charge in [0, 0.05) is 19.6 Å². The maximum Gasteiger partial charge on any atom is 0.225 e. The topological polar surface area (TPSA) is 54.5 Å². The first-order chi connectivity index (χ1) is 14.5. The molecule has 1 aliphatic rings. The first-order valence-corrected chi connectivity index (χ1v) is 11.5. The molecule has 1 saturated heterocycles. The van der Waals surface area contributed by atoms with E-state index in [2.05, 4.69) is 36.2 Å². The molecule has 158 valence electrons. The van der Waals surface area contributed by atoms with Gasteiger partial charge in [0.05, 0.1) is 22.7 Å². The molecule has 1 amide bonds. The van der Waals surface area contributed by atoms with E-state index >= 15 is 0 Å². The van der Waals surface area contributed by atoms with Gasteiger partial charge in [0.2, 0.25) is 5.91 Å². The molecule has 30 heavy (non-hydrogen) atoms. The van der Waals surface area contributed by atoms with Crippen molar-refractivity contribution in [3.63, 3.8) is 0 Å². The van der Waals surface area contributed by atoms with Crippen molar-refractivity contribution < 1.29 is 9.53 Å². The number of fused-ring (bicyclic) bond motifs is 1. The lowest BCUT2D eigenvalue weighted by Gasteiger charge is -2.31. The molecule has 0 aliphatic carbocycles. The Labute approximate surface area is 182 Å². The molecule has 1 fully saturated rings. The maximum absolute atomic E-state index is 12.8. The third kappa shape index (κ3) is 4.59. The number of hydrogen-bond donors (Lipinski definition) is 1. The van der Waals surface area contributed by atoms with E-state index in [9.17, 15) is 4.79 Å². The Balaban J connectivity index is 1.38. The third-order valence-electron chi connectivity index (χ3n) is 5.58.